The van der Waals surface area contributed by atoms with Crippen LogP contribution >= 0.6 is 0 Å². The molecule has 0 aliphatic carbocycles. The van der Waals surface area contributed by atoms with E-state index in [1.807, 2.05) is 37.3 Å². The minimum atomic E-state index is 0.164. The summed E-state index contributed by atoms with van der Waals surface area (Å²) in [6.07, 6.45) is 0.912. The first-order valence-electron chi connectivity index (χ1n) is 5.48. The topological polar surface area (TPSA) is 15.3 Å². The zero-order valence-corrected chi connectivity index (χ0v) is 9.41. The van der Waals surface area contributed by atoms with Crippen LogP contribution in [0.4, 0.5) is 10.2 Å². The van der Waals surface area contributed by atoms with Gasteiger partial charge in [-0.2, -0.15) is 0 Å². The van der Waals surface area contributed by atoms with Crippen molar-refractivity contribution in [3.05, 3.63) is 30.3 Å². The summed E-state index contributed by atoms with van der Waals surface area (Å²) in [6.45, 7) is 4.74. The second-order valence-corrected chi connectivity index (χ2v) is 3.58. The molecule has 0 saturated carbocycles. The Kier molecular flexibility index (Phi) is 5.12. The maximum absolute atomic E-state index is 13.1. The lowest BCUT2D eigenvalue weighted by Gasteiger charge is -2.21. The summed E-state index contributed by atoms with van der Waals surface area (Å²) in [5.41, 5.74) is 1.05. The van der Waals surface area contributed by atoms with Crippen molar-refractivity contribution in [3.8, 4) is 0 Å². The van der Waals surface area contributed by atoms with Gasteiger partial charge in [-0.3, -0.25) is 0 Å². The van der Waals surface area contributed by atoms with E-state index < -0.39 is 0 Å². The first-order valence-corrected chi connectivity index (χ1v) is 5.48. The molecule has 0 radical (unpaired) electrons. The van der Waals surface area contributed by atoms with Gasteiger partial charge >= 0.3 is 0 Å². The van der Waals surface area contributed by atoms with Gasteiger partial charge in [-0.25, -0.2) is 0 Å². The van der Waals surface area contributed by atoms with E-state index in [1.54, 1.807) is 0 Å². The Hall–Kier alpha value is -1.09. The second-order valence-electron chi connectivity index (χ2n) is 3.58. The Morgan fingerprint density at radius 2 is 1.93 bits per heavy atom. The minimum Gasteiger partial charge on any atom is -0.381 e. The molecular formula is C12H19FN2. The number of nitrogens with one attached hydrogen (secondary N) is 1. The fraction of sp³-hybridized carbons (Fsp3) is 0.500. The van der Waals surface area contributed by atoms with Gasteiger partial charge in [0.25, 0.3) is 0 Å². The Labute approximate surface area is 91.0 Å². The van der Waals surface area contributed by atoms with Crippen LogP contribution in [0.5, 0.6) is 0 Å². The average Bonchev–Trinajstić information content (AvgIpc) is 2.29. The third kappa shape index (κ3) is 4.30. The van der Waals surface area contributed by atoms with E-state index in [0.29, 0.717) is 13.1 Å². The summed E-state index contributed by atoms with van der Waals surface area (Å²) < 4.78 is 13.1. The molecule has 0 bridgehead atoms. The Morgan fingerprint density at radius 3 is 2.47 bits per heavy atom. The molecule has 15 heavy (non-hydrogen) atoms. The van der Waals surface area contributed by atoms with Crippen molar-refractivity contribution in [1.82, 2.24) is 5.12 Å². The number of hydrogen-bond donors (Lipinski definition) is 1. The van der Waals surface area contributed by atoms with E-state index >= 15 is 0 Å². The molecule has 1 aromatic carbocycles. The SMILES string of the molecule is CCC(CN(F)CC)Nc1ccccc1. The predicted octanol–water partition coefficient (Wildman–Crippen LogP) is 3.08. The number of rotatable bonds is 6. The maximum Gasteiger partial charge on any atom is 0.0492 e. The second kappa shape index (κ2) is 6.40. The smallest absolute Gasteiger partial charge is 0.0492 e. The Balaban J connectivity index is 2.47. The first kappa shape index (κ1) is 12.0. The summed E-state index contributed by atoms with van der Waals surface area (Å²) in [4.78, 5) is 0. The number of hydrogen-bond acceptors (Lipinski definition) is 2. The fourth-order valence-electron chi connectivity index (χ4n) is 1.42. The zero-order chi connectivity index (χ0) is 11.1. The lowest BCUT2D eigenvalue weighted by Crippen LogP contribution is -2.31. The van der Waals surface area contributed by atoms with Crippen molar-refractivity contribution in [3.63, 3.8) is 0 Å². The van der Waals surface area contributed by atoms with Crippen molar-refractivity contribution < 1.29 is 4.48 Å². The normalized spacial score (nSPS) is 12.8. The van der Waals surface area contributed by atoms with E-state index in [2.05, 4.69) is 12.2 Å². The van der Waals surface area contributed by atoms with Gasteiger partial charge in [-0.05, 0) is 25.5 Å². The van der Waals surface area contributed by atoms with Gasteiger partial charge in [0.2, 0.25) is 0 Å². The van der Waals surface area contributed by atoms with Crippen LogP contribution in [-0.4, -0.2) is 24.3 Å². The molecule has 0 heterocycles. The molecule has 0 amide bonds. The molecule has 1 unspecified atom stereocenters. The molecule has 0 aromatic heterocycles. The molecule has 1 atom stereocenters. The van der Waals surface area contributed by atoms with Crippen molar-refractivity contribution in [1.29, 1.82) is 0 Å². The molecule has 0 fully saturated rings. The van der Waals surface area contributed by atoms with E-state index in [9.17, 15) is 4.48 Å². The summed E-state index contributed by atoms with van der Waals surface area (Å²) in [7, 11) is 0. The summed E-state index contributed by atoms with van der Waals surface area (Å²) in [5, 5.41) is 4.15. The van der Waals surface area contributed by atoms with Crippen LogP contribution in [0.1, 0.15) is 20.3 Å². The monoisotopic (exact) mass is 210 g/mol. The lowest BCUT2D eigenvalue weighted by atomic mass is 10.2. The third-order valence-electron chi connectivity index (χ3n) is 2.40. The molecule has 1 N–H and O–H groups in total. The predicted molar refractivity (Wildman–Crippen MR) is 62.5 cm³/mol. The first-order chi connectivity index (χ1) is 7.26. The molecule has 1 aromatic rings. The van der Waals surface area contributed by atoms with Crippen LogP contribution in [0.2, 0.25) is 0 Å². The van der Waals surface area contributed by atoms with Gasteiger partial charge in [0.15, 0.2) is 0 Å². The van der Waals surface area contributed by atoms with Crippen LogP contribution in [0.15, 0.2) is 30.3 Å². The van der Waals surface area contributed by atoms with E-state index in [4.69, 9.17) is 0 Å². The summed E-state index contributed by atoms with van der Waals surface area (Å²) >= 11 is 0. The lowest BCUT2D eigenvalue weighted by molar-refractivity contribution is 0.0273. The highest BCUT2D eigenvalue weighted by Gasteiger charge is 2.10. The van der Waals surface area contributed by atoms with Gasteiger partial charge in [0.1, 0.15) is 0 Å². The van der Waals surface area contributed by atoms with Crippen molar-refractivity contribution >= 4 is 5.69 Å². The van der Waals surface area contributed by atoms with Crippen LogP contribution in [-0.2, 0) is 0 Å². The minimum absolute atomic E-state index is 0.164. The highest BCUT2D eigenvalue weighted by atomic mass is 19.2. The van der Waals surface area contributed by atoms with Crippen molar-refractivity contribution in [2.45, 2.75) is 26.3 Å². The third-order valence-corrected chi connectivity index (χ3v) is 2.40. The van der Waals surface area contributed by atoms with E-state index in [-0.39, 0.29) is 6.04 Å². The number of benzene rings is 1. The van der Waals surface area contributed by atoms with Crippen molar-refractivity contribution in [2.75, 3.05) is 18.4 Å². The number of para-hydroxylation sites is 1. The van der Waals surface area contributed by atoms with Gasteiger partial charge in [-0.15, -0.1) is 9.60 Å². The molecule has 84 valence electrons. The molecule has 0 aliphatic rings. The summed E-state index contributed by atoms with van der Waals surface area (Å²) in [5.74, 6) is 0. The largest absolute Gasteiger partial charge is 0.381 e. The van der Waals surface area contributed by atoms with Gasteiger partial charge in [-0.1, -0.05) is 25.1 Å². The summed E-state index contributed by atoms with van der Waals surface area (Å²) in [6, 6.07) is 10.1. The van der Waals surface area contributed by atoms with Gasteiger partial charge in [0, 0.05) is 24.8 Å². The number of likely N-dealkylation sites (N-methyl/N-ethyl adjacent to an activating group) is 1. The number of halogens is 1. The molecule has 1 rings (SSSR count). The number of anilines is 1. The van der Waals surface area contributed by atoms with Crippen LogP contribution in [0.3, 0.4) is 0 Å². The van der Waals surface area contributed by atoms with E-state index in [0.717, 1.165) is 17.2 Å². The average molecular weight is 210 g/mol. The molecular weight excluding hydrogens is 191 g/mol. The zero-order valence-electron chi connectivity index (χ0n) is 9.41. The number of nitrogens with zero attached hydrogens (tertiary/aromatic N) is 1. The molecule has 0 aliphatic heterocycles. The van der Waals surface area contributed by atoms with Crippen LogP contribution in [0.25, 0.3) is 0 Å². The Morgan fingerprint density at radius 1 is 1.27 bits per heavy atom. The maximum atomic E-state index is 13.1. The molecule has 2 nitrogen and oxygen atoms in total. The van der Waals surface area contributed by atoms with Crippen LogP contribution < -0.4 is 5.32 Å². The molecule has 0 saturated heterocycles. The quantitative estimate of drug-likeness (QED) is 0.726. The van der Waals surface area contributed by atoms with Crippen molar-refractivity contribution in [2.24, 2.45) is 0 Å². The standard InChI is InChI=1S/C12H19FN2/c1-3-11(10-15(13)4-2)14-12-8-6-5-7-9-12/h5-9,11,14H,3-4,10H2,1-2H3. The van der Waals surface area contributed by atoms with Gasteiger partial charge < -0.3 is 5.32 Å². The van der Waals surface area contributed by atoms with Crippen LogP contribution in [0, 0.1) is 0 Å². The highest BCUT2D eigenvalue weighted by Crippen LogP contribution is 2.09. The highest BCUT2D eigenvalue weighted by molar-refractivity contribution is 5.43. The van der Waals surface area contributed by atoms with E-state index in [1.165, 1.54) is 0 Å². The van der Waals surface area contributed by atoms with Gasteiger partial charge in [0.05, 0.1) is 0 Å². The molecule has 3 heteroatoms. The fourth-order valence-corrected chi connectivity index (χ4v) is 1.42. The Bertz CT molecular complexity index is 264. The molecule has 0 spiro atoms.